The third-order valence-electron chi connectivity index (χ3n) is 5.88. The number of nitrogens with one attached hydrogen (secondary N) is 1. The van der Waals surface area contributed by atoms with Crippen molar-refractivity contribution in [3.63, 3.8) is 0 Å². The van der Waals surface area contributed by atoms with Crippen molar-refractivity contribution in [2.24, 2.45) is 0 Å². The highest BCUT2D eigenvalue weighted by molar-refractivity contribution is 5.89. The van der Waals surface area contributed by atoms with Gasteiger partial charge in [0.25, 0.3) is 0 Å². The molecule has 6 nitrogen and oxygen atoms in total. The Labute approximate surface area is 194 Å². The summed E-state index contributed by atoms with van der Waals surface area (Å²) in [6, 6.07) is 24.8. The first-order valence-electron chi connectivity index (χ1n) is 11.1. The number of fused-ring (bicyclic) bond motifs is 1. The van der Waals surface area contributed by atoms with Gasteiger partial charge in [-0.15, -0.1) is 0 Å². The van der Waals surface area contributed by atoms with Gasteiger partial charge in [0.1, 0.15) is 12.4 Å². The molecule has 1 aliphatic rings. The Morgan fingerprint density at radius 1 is 0.939 bits per heavy atom. The Balaban J connectivity index is 1.39. The number of rotatable bonds is 8. The number of nitrogens with zero attached hydrogens (tertiary/aromatic N) is 1. The fourth-order valence-electron chi connectivity index (χ4n) is 4.05. The van der Waals surface area contributed by atoms with Crippen LogP contribution in [0.3, 0.4) is 0 Å². The molecule has 170 valence electrons. The maximum absolute atomic E-state index is 13.2. The molecule has 1 atom stereocenters. The molecule has 0 unspecified atom stereocenters. The summed E-state index contributed by atoms with van der Waals surface area (Å²) in [7, 11) is 1.36. The number of esters is 1. The lowest BCUT2D eigenvalue weighted by Crippen LogP contribution is -2.51. The van der Waals surface area contributed by atoms with Gasteiger partial charge in [-0.1, -0.05) is 54.6 Å². The standard InChI is InChI=1S/C27H28N2O4/c1-32-27(31)21-13-11-20(12-14-21)18-28-26(30)25-17-22-7-5-6-8-23(22)19-29(25)15-16-33-24-9-3-2-4-10-24/h2-14,25H,15-19H2,1H3,(H,28,30)/t25-/m1/s1. The van der Waals surface area contributed by atoms with E-state index in [0.29, 0.717) is 38.2 Å². The van der Waals surface area contributed by atoms with Crippen LogP contribution >= 0.6 is 0 Å². The Hall–Kier alpha value is -3.64. The molecule has 6 heteroatoms. The first-order valence-corrected chi connectivity index (χ1v) is 11.1. The van der Waals surface area contributed by atoms with E-state index < -0.39 is 0 Å². The average molecular weight is 445 g/mol. The molecule has 0 aliphatic carbocycles. The summed E-state index contributed by atoms with van der Waals surface area (Å²) in [5.74, 6) is 0.437. The molecule has 0 spiro atoms. The number of carbonyl (C=O) groups excluding carboxylic acids is 2. The number of carbonyl (C=O) groups is 2. The van der Waals surface area contributed by atoms with Crippen LogP contribution in [0.2, 0.25) is 0 Å². The van der Waals surface area contributed by atoms with Gasteiger partial charge in [0.05, 0.1) is 18.7 Å². The van der Waals surface area contributed by atoms with Crippen LogP contribution in [-0.4, -0.2) is 43.1 Å². The zero-order valence-electron chi connectivity index (χ0n) is 18.7. The highest BCUT2D eigenvalue weighted by Gasteiger charge is 2.31. The van der Waals surface area contributed by atoms with Crippen LogP contribution in [0.1, 0.15) is 27.0 Å². The maximum atomic E-state index is 13.2. The van der Waals surface area contributed by atoms with E-state index in [4.69, 9.17) is 9.47 Å². The van der Waals surface area contributed by atoms with E-state index >= 15 is 0 Å². The van der Waals surface area contributed by atoms with Crippen molar-refractivity contribution in [1.29, 1.82) is 0 Å². The molecule has 0 bridgehead atoms. The van der Waals surface area contributed by atoms with Gasteiger partial charge in [0.2, 0.25) is 5.91 Å². The molecule has 0 radical (unpaired) electrons. The number of benzene rings is 3. The topological polar surface area (TPSA) is 67.9 Å². The Bertz CT molecular complexity index is 1080. The molecule has 0 saturated carbocycles. The fourth-order valence-corrected chi connectivity index (χ4v) is 4.05. The van der Waals surface area contributed by atoms with Gasteiger partial charge in [-0.25, -0.2) is 4.79 Å². The highest BCUT2D eigenvalue weighted by Crippen LogP contribution is 2.23. The van der Waals surface area contributed by atoms with Crippen molar-refractivity contribution in [3.8, 4) is 5.75 Å². The minimum absolute atomic E-state index is 0.0127. The van der Waals surface area contributed by atoms with Crippen LogP contribution in [-0.2, 0) is 29.0 Å². The summed E-state index contributed by atoms with van der Waals surface area (Å²) < 4.78 is 10.6. The first-order chi connectivity index (χ1) is 16.1. The lowest BCUT2D eigenvalue weighted by molar-refractivity contribution is -0.127. The van der Waals surface area contributed by atoms with Crippen molar-refractivity contribution < 1.29 is 19.1 Å². The van der Waals surface area contributed by atoms with E-state index in [1.807, 2.05) is 54.6 Å². The van der Waals surface area contributed by atoms with Crippen LogP contribution in [0, 0.1) is 0 Å². The molecule has 1 heterocycles. The van der Waals surface area contributed by atoms with Gasteiger partial charge in [-0.3, -0.25) is 9.69 Å². The molecule has 0 aromatic heterocycles. The Morgan fingerprint density at radius 3 is 2.36 bits per heavy atom. The second-order valence-corrected chi connectivity index (χ2v) is 8.03. The van der Waals surface area contributed by atoms with E-state index in [0.717, 1.165) is 11.3 Å². The second-order valence-electron chi connectivity index (χ2n) is 8.03. The molecular formula is C27H28N2O4. The van der Waals surface area contributed by atoms with Gasteiger partial charge >= 0.3 is 5.97 Å². The predicted octanol–water partition coefficient (Wildman–Crippen LogP) is 3.60. The van der Waals surface area contributed by atoms with Crippen molar-refractivity contribution in [1.82, 2.24) is 10.2 Å². The summed E-state index contributed by atoms with van der Waals surface area (Å²) >= 11 is 0. The largest absolute Gasteiger partial charge is 0.492 e. The fraction of sp³-hybridized carbons (Fsp3) is 0.259. The number of para-hydroxylation sites is 1. The molecule has 3 aromatic carbocycles. The van der Waals surface area contributed by atoms with Gasteiger partial charge < -0.3 is 14.8 Å². The SMILES string of the molecule is COC(=O)c1ccc(CNC(=O)[C@H]2Cc3ccccc3CN2CCOc2ccccc2)cc1. The molecule has 1 amide bonds. The smallest absolute Gasteiger partial charge is 0.337 e. The van der Waals surface area contributed by atoms with E-state index in [2.05, 4.69) is 22.3 Å². The lowest BCUT2D eigenvalue weighted by atomic mass is 9.93. The minimum atomic E-state index is -0.375. The number of methoxy groups -OCH3 is 1. The van der Waals surface area contributed by atoms with Crippen LogP contribution < -0.4 is 10.1 Å². The summed E-state index contributed by atoms with van der Waals surface area (Å²) in [5, 5.41) is 3.06. The zero-order valence-corrected chi connectivity index (χ0v) is 18.7. The molecule has 1 N–H and O–H groups in total. The minimum Gasteiger partial charge on any atom is -0.492 e. The first kappa shape index (κ1) is 22.6. The van der Waals surface area contributed by atoms with Crippen molar-refractivity contribution >= 4 is 11.9 Å². The quantitative estimate of drug-likeness (QED) is 0.538. The molecule has 3 aromatic rings. The number of hydrogen-bond acceptors (Lipinski definition) is 5. The van der Waals surface area contributed by atoms with Gasteiger partial charge in [0.15, 0.2) is 0 Å². The molecule has 4 rings (SSSR count). The summed E-state index contributed by atoms with van der Waals surface area (Å²) in [5.41, 5.74) is 3.87. The maximum Gasteiger partial charge on any atom is 0.337 e. The van der Waals surface area contributed by atoms with Crippen molar-refractivity contribution in [2.75, 3.05) is 20.3 Å². The van der Waals surface area contributed by atoms with Crippen molar-refractivity contribution in [3.05, 3.63) is 101 Å². The predicted molar refractivity (Wildman–Crippen MR) is 126 cm³/mol. The highest BCUT2D eigenvalue weighted by atomic mass is 16.5. The molecule has 1 aliphatic heterocycles. The second kappa shape index (κ2) is 10.8. The zero-order chi connectivity index (χ0) is 23.0. The summed E-state index contributed by atoms with van der Waals surface area (Å²) in [6.07, 6.45) is 0.661. The van der Waals surface area contributed by atoms with Gasteiger partial charge in [-0.05, 0) is 47.4 Å². The van der Waals surface area contributed by atoms with E-state index in [1.165, 1.54) is 18.2 Å². The number of hydrogen-bond donors (Lipinski definition) is 1. The van der Waals surface area contributed by atoms with Crippen LogP contribution in [0.4, 0.5) is 0 Å². The third-order valence-corrected chi connectivity index (χ3v) is 5.88. The molecule has 0 saturated heterocycles. The summed E-state index contributed by atoms with van der Waals surface area (Å²) in [6.45, 7) is 2.26. The van der Waals surface area contributed by atoms with E-state index in [1.54, 1.807) is 12.1 Å². The van der Waals surface area contributed by atoms with E-state index in [-0.39, 0.29) is 17.9 Å². The van der Waals surface area contributed by atoms with Gasteiger partial charge in [-0.2, -0.15) is 0 Å². The number of ether oxygens (including phenoxy) is 2. The third kappa shape index (κ3) is 5.79. The molecule has 33 heavy (non-hydrogen) atoms. The summed E-state index contributed by atoms with van der Waals surface area (Å²) in [4.78, 5) is 27.0. The van der Waals surface area contributed by atoms with Crippen LogP contribution in [0.5, 0.6) is 5.75 Å². The van der Waals surface area contributed by atoms with E-state index in [9.17, 15) is 9.59 Å². The Kier molecular flexibility index (Phi) is 7.37. The molecular weight excluding hydrogens is 416 g/mol. The monoisotopic (exact) mass is 444 g/mol. The van der Waals surface area contributed by atoms with Crippen molar-refractivity contribution in [2.45, 2.75) is 25.6 Å². The Morgan fingerprint density at radius 2 is 1.64 bits per heavy atom. The molecule has 0 fully saturated rings. The van der Waals surface area contributed by atoms with Gasteiger partial charge in [0, 0.05) is 19.6 Å². The normalized spacial score (nSPS) is 15.4. The average Bonchev–Trinajstić information content (AvgIpc) is 2.87. The van der Waals surface area contributed by atoms with Crippen LogP contribution in [0.25, 0.3) is 0 Å². The number of amides is 1. The lowest BCUT2D eigenvalue weighted by Gasteiger charge is -2.35. The van der Waals surface area contributed by atoms with Crippen LogP contribution in [0.15, 0.2) is 78.9 Å².